The van der Waals surface area contributed by atoms with Crippen molar-refractivity contribution in [1.29, 1.82) is 0 Å². The van der Waals surface area contributed by atoms with E-state index in [2.05, 4.69) is 31.2 Å². The van der Waals surface area contributed by atoms with Gasteiger partial charge in [0.1, 0.15) is 6.54 Å². The summed E-state index contributed by atoms with van der Waals surface area (Å²) in [7, 11) is 0. The molecule has 6 nitrogen and oxygen atoms in total. The van der Waals surface area contributed by atoms with Crippen LogP contribution in [-0.2, 0) is 12.1 Å². The third kappa shape index (κ3) is 2.98. The largest absolute Gasteiger partial charge is 0.337 e. The molecule has 2 heterocycles. The lowest BCUT2D eigenvalue weighted by Crippen LogP contribution is -2.34. The number of hydrogen-bond acceptors (Lipinski definition) is 5. The Morgan fingerprint density at radius 1 is 1.42 bits per heavy atom. The maximum atomic E-state index is 6.28. The van der Waals surface area contributed by atoms with E-state index in [-0.39, 0.29) is 12.4 Å². The van der Waals surface area contributed by atoms with Crippen molar-refractivity contribution in [2.45, 2.75) is 37.8 Å². The molecule has 0 aromatic carbocycles. The molecule has 0 aliphatic heterocycles. The molecular formula is C11H15BrClN5O. The molecule has 1 aliphatic carbocycles. The van der Waals surface area contributed by atoms with Crippen LogP contribution in [0.15, 0.2) is 21.4 Å². The van der Waals surface area contributed by atoms with Crippen molar-refractivity contribution in [3.8, 4) is 0 Å². The molecule has 0 atom stereocenters. The highest BCUT2D eigenvalue weighted by molar-refractivity contribution is 9.10. The van der Waals surface area contributed by atoms with Crippen molar-refractivity contribution in [3.05, 3.63) is 28.6 Å². The summed E-state index contributed by atoms with van der Waals surface area (Å²) in [6, 6.07) is 0. The van der Waals surface area contributed by atoms with Crippen LogP contribution in [0.5, 0.6) is 0 Å². The smallest absolute Gasteiger partial charge is 0.248 e. The first kappa shape index (κ1) is 14.5. The summed E-state index contributed by atoms with van der Waals surface area (Å²) in [6.45, 7) is 0.467. The minimum Gasteiger partial charge on any atom is -0.337 e. The molecule has 19 heavy (non-hydrogen) atoms. The Kier molecular flexibility index (Phi) is 4.27. The fraction of sp³-hybridized carbons (Fsp3) is 0.545. The molecule has 0 amide bonds. The Labute approximate surface area is 125 Å². The lowest BCUT2D eigenvalue weighted by atomic mass is 9.99. The molecule has 0 spiro atoms. The molecule has 1 saturated carbocycles. The first-order valence-electron chi connectivity index (χ1n) is 5.96. The molecule has 104 valence electrons. The van der Waals surface area contributed by atoms with Crippen LogP contribution >= 0.6 is 28.3 Å². The Morgan fingerprint density at radius 3 is 2.79 bits per heavy atom. The van der Waals surface area contributed by atoms with Gasteiger partial charge in [-0.1, -0.05) is 18.0 Å². The predicted octanol–water partition coefficient (Wildman–Crippen LogP) is 2.23. The Morgan fingerprint density at radius 2 is 2.16 bits per heavy atom. The number of halogens is 2. The second-order valence-electron chi connectivity index (χ2n) is 4.73. The molecule has 0 unspecified atom stereocenters. The molecule has 1 fully saturated rings. The second kappa shape index (κ2) is 5.60. The highest BCUT2D eigenvalue weighted by Crippen LogP contribution is 2.34. The van der Waals surface area contributed by atoms with Crippen LogP contribution in [-0.4, -0.2) is 19.9 Å². The molecule has 3 rings (SSSR count). The van der Waals surface area contributed by atoms with Crippen LogP contribution in [0, 0.1) is 0 Å². The van der Waals surface area contributed by atoms with Gasteiger partial charge in [0.25, 0.3) is 0 Å². The molecule has 8 heteroatoms. The zero-order valence-corrected chi connectivity index (χ0v) is 12.7. The van der Waals surface area contributed by atoms with Gasteiger partial charge < -0.3 is 10.3 Å². The average molecular weight is 349 g/mol. The van der Waals surface area contributed by atoms with Crippen molar-refractivity contribution >= 4 is 28.3 Å². The van der Waals surface area contributed by atoms with Gasteiger partial charge >= 0.3 is 0 Å². The van der Waals surface area contributed by atoms with Gasteiger partial charge in [0.2, 0.25) is 5.89 Å². The monoisotopic (exact) mass is 347 g/mol. The summed E-state index contributed by atoms with van der Waals surface area (Å²) >= 11 is 3.34. The van der Waals surface area contributed by atoms with Gasteiger partial charge in [-0.3, -0.25) is 4.68 Å². The van der Waals surface area contributed by atoms with Crippen molar-refractivity contribution in [1.82, 2.24) is 19.9 Å². The lowest BCUT2D eigenvalue weighted by molar-refractivity contribution is 0.341. The minimum absolute atomic E-state index is 0. The van der Waals surface area contributed by atoms with Crippen LogP contribution in [0.25, 0.3) is 0 Å². The molecule has 2 N–H and O–H groups in total. The first-order valence-corrected chi connectivity index (χ1v) is 6.75. The van der Waals surface area contributed by atoms with E-state index in [1.807, 2.05) is 6.20 Å². The van der Waals surface area contributed by atoms with Crippen molar-refractivity contribution in [2.75, 3.05) is 0 Å². The van der Waals surface area contributed by atoms with Crippen LogP contribution in [0.2, 0.25) is 0 Å². The Bertz CT molecular complexity index is 549. The zero-order chi connectivity index (χ0) is 12.6. The van der Waals surface area contributed by atoms with Gasteiger partial charge in [0.05, 0.1) is 16.2 Å². The van der Waals surface area contributed by atoms with Crippen LogP contribution < -0.4 is 5.73 Å². The van der Waals surface area contributed by atoms with Crippen molar-refractivity contribution in [3.63, 3.8) is 0 Å². The Balaban J connectivity index is 0.00000133. The molecule has 2 aromatic heterocycles. The average Bonchev–Trinajstić information content (AvgIpc) is 3.02. The summed E-state index contributed by atoms with van der Waals surface area (Å²) < 4.78 is 7.90. The van der Waals surface area contributed by atoms with Crippen molar-refractivity contribution in [2.24, 2.45) is 5.73 Å². The summed E-state index contributed by atoms with van der Waals surface area (Å²) in [5, 5.41) is 8.15. The Hall–Kier alpha value is -0.920. The van der Waals surface area contributed by atoms with E-state index in [0.29, 0.717) is 18.3 Å². The number of rotatable bonds is 3. The topological polar surface area (TPSA) is 82.8 Å². The summed E-state index contributed by atoms with van der Waals surface area (Å²) in [5.41, 5.74) is 5.88. The lowest BCUT2D eigenvalue weighted by Gasteiger charge is -2.17. The fourth-order valence-electron chi connectivity index (χ4n) is 2.31. The third-order valence-electron chi connectivity index (χ3n) is 3.31. The molecular weight excluding hydrogens is 334 g/mol. The van der Waals surface area contributed by atoms with E-state index >= 15 is 0 Å². The van der Waals surface area contributed by atoms with Gasteiger partial charge in [-0.05, 0) is 28.8 Å². The highest BCUT2D eigenvalue weighted by Gasteiger charge is 2.35. The summed E-state index contributed by atoms with van der Waals surface area (Å²) in [5.74, 6) is 1.17. The zero-order valence-electron chi connectivity index (χ0n) is 10.3. The first-order chi connectivity index (χ1) is 8.66. The maximum absolute atomic E-state index is 6.28. The number of aromatic nitrogens is 4. The molecule has 0 saturated heterocycles. The van der Waals surface area contributed by atoms with E-state index in [1.165, 1.54) is 0 Å². The van der Waals surface area contributed by atoms with Crippen LogP contribution in [0.1, 0.15) is 37.4 Å². The normalized spacial score (nSPS) is 17.4. The van der Waals surface area contributed by atoms with E-state index < -0.39 is 5.54 Å². The number of nitrogens with two attached hydrogens (primary N) is 1. The highest BCUT2D eigenvalue weighted by atomic mass is 79.9. The molecule has 0 bridgehead atoms. The second-order valence-corrected chi connectivity index (χ2v) is 5.65. The molecule has 2 aromatic rings. The maximum Gasteiger partial charge on any atom is 0.248 e. The molecule has 1 aliphatic rings. The van der Waals surface area contributed by atoms with E-state index in [4.69, 9.17) is 10.3 Å². The van der Waals surface area contributed by atoms with E-state index in [0.717, 1.165) is 30.2 Å². The third-order valence-corrected chi connectivity index (χ3v) is 3.72. The van der Waals surface area contributed by atoms with Gasteiger partial charge in [0, 0.05) is 6.20 Å². The quantitative estimate of drug-likeness (QED) is 0.919. The number of hydrogen-bond donors (Lipinski definition) is 1. The van der Waals surface area contributed by atoms with Crippen LogP contribution in [0.4, 0.5) is 0 Å². The number of nitrogens with zero attached hydrogens (tertiary/aromatic N) is 4. The summed E-state index contributed by atoms with van der Waals surface area (Å²) in [6.07, 6.45) is 7.70. The van der Waals surface area contributed by atoms with E-state index in [1.54, 1.807) is 10.9 Å². The van der Waals surface area contributed by atoms with Gasteiger partial charge in [-0.15, -0.1) is 12.4 Å². The van der Waals surface area contributed by atoms with Crippen LogP contribution in [0.3, 0.4) is 0 Å². The minimum atomic E-state index is -0.396. The SMILES string of the molecule is Cl.NC1(c2noc(Cn3cc(Br)cn3)n2)CCCC1. The van der Waals surface area contributed by atoms with E-state index in [9.17, 15) is 0 Å². The fourth-order valence-corrected chi connectivity index (χ4v) is 2.64. The summed E-state index contributed by atoms with van der Waals surface area (Å²) in [4.78, 5) is 4.39. The molecule has 0 radical (unpaired) electrons. The van der Waals surface area contributed by atoms with Crippen molar-refractivity contribution < 1.29 is 4.52 Å². The van der Waals surface area contributed by atoms with Gasteiger partial charge in [-0.2, -0.15) is 10.1 Å². The predicted molar refractivity (Wildman–Crippen MR) is 74.9 cm³/mol. The van der Waals surface area contributed by atoms with Gasteiger partial charge in [0.15, 0.2) is 5.82 Å². The van der Waals surface area contributed by atoms with Gasteiger partial charge in [-0.25, -0.2) is 0 Å². The standard InChI is InChI=1S/C11H14BrN5O.ClH/c12-8-5-14-17(6-8)7-9-15-10(16-18-9)11(13)3-1-2-4-11;/h5-6H,1-4,7,13H2;1H.